The molecule has 0 saturated carbocycles. The summed E-state index contributed by atoms with van der Waals surface area (Å²) in [5.74, 6) is 2.65. The fourth-order valence-electron chi connectivity index (χ4n) is 3.41. The third-order valence-corrected chi connectivity index (χ3v) is 4.79. The van der Waals surface area contributed by atoms with E-state index in [0.29, 0.717) is 37.1 Å². The van der Waals surface area contributed by atoms with E-state index in [1.165, 1.54) is 12.8 Å². The Bertz CT molecular complexity index is 746. The van der Waals surface area contributed by atoms with Crippen molar-refractivity contribution in [3.8, 4) is 11.5 Å². The van der Waals surface area contributed by atoms with E-state index in [1.54, 1.807) is 14.0 Å². The standard InChI is InChI=1S/C20H30N4O4/c1-15-21-20(28-22-15)13-23(2)11-16-6-7-18(26-3)10-19(16)27-14-17(25)12-24-8-4-5-9-24/h6-7,10,17,25H,4-5,8-9,11-14H2,1-3H3. The molecular weight excluding hydrogens is 360 g/mol. The molecule has 0 amide bonds. The number of aromatic nitrogens is 2. The monoisotopic (exact) mass is 390 g/mol. The van der Waals surface area contributed by atoms with Crippen molar-refractivity contribution in [3.63, 3.8) is 0 Å². The van der Waals surface area contributed by atoms with Crippen LogP contribution in [0, 0.1) is 6.92 Å². The highest BCUT2D eigenvalue weighted by Gasteiger charge is 2.17. The smallest absolute Gasteiger partial charge is 0.240 e. The zero-order valence-corrected chi connectivity index (χ0v) is 16.9. The van der Waals surface area contributed by atoms with Gasteiger partial charge in [0.1, 0.15) is 24.2 Å². The van der Waals surface area contributed by atoms with E-state index in [9.17, 15) is 5.11 Å². The molecule has 8 nitrogen and oxygen atoms in total. The number of β-amino-alcohol motifs (C(OH)–C–C–N with tert-alkyl or cyclic N) is 1. The Morgan fingerprint density at radius 1 is 1.29 bits per heavy atom. The van der Waals surface area contributed by atoms with Crippen molar-refractivity contribution in [1.82, 2.24) is 19.9 Å². The van der Waals surface area contributed by atoms with Crippen LogP contribution in [-0.2, 0) is 13.1 Å². The Morgan fingerprint density at radius 3 is 2.75 bits per heavy atom. The SMILES string of the molecule is COc1ccc(CN(C)Cc2nc(C)no2)c(OCC(O)CN2CCCC2)c1. The van der Waals surface area contributed by atoms with Gasteiger partial charge in [0.2, 0.25) is 5.89 Å². The highest BCUT2D eigenvalue weighted by Crippen LogP contribution is 2.26. The zero-order valence-electron chi connectivity index (χ0n) is 16.9. The second kappa shape index (κ2) is 9.86. The van der Waals surface area contributed by atoms with Crippen LogP contribution in [0.4, 0.5) is 0 Å². The molecular formula is C20H30N4O4. The lowest BCUT2D eigenvalue weighted by atomic mass is 10.1. The van der Waals surface area contributed by atoms with E-state index >= 15 is 0 Å². The van der Waals surface area contributed by atoms with Crippen molar-refractivity contribution in [3.05, 3.63) is 35.5 Å². The Morgan fingerprint density at radius 2 is 2.07 bits per heavy atom. The van der Waals surface area contributed by atoms with Crippen LogP contribution < -0.4 is 9.47 Å². The van der Waals surface area contributed by atoms with Crippen molar-refractivity contribution in [2.24, 2.45) is 0 Å². The Balaban J connectivity index is 1.60. The lowest BCUT2D eigenvalue weighted by Crippen LogP contribution is -2.33. The number of benzene rings is 1. The first kappa shape index (κ1) is 20.6. The van der Waals surface area contributed by atoms with Gasteiger partial charge in [-0.25, -0.2) is 0 Å². The second-order valence-corrected chi connectivity index (χ2v) is 7.35. The summed E-state index contributed by atoms with van der Waals surface area (Å²) in [5, 5.41) is 14.2. The van der Waals surface area contributed by atoms with Crippen molar-refractivity contribution >= 4 is 0 Å². The Labute approximate surface area is 166 Å². The number of ether oxygens (including phenoxy) is 2. The first-order valence-electron chi connectivity index (χ1n) is 9.71. The molecule has 154 valence electrons. The van der Waals surface area contributed by atoms with Crippen LogP contribution in [0.2, 0.25) is 0 Å². The highest BCUT2D eigenvalue weighted by atomic mass is 16.5. The van der Waals surface area contributed by atoms with Gasteiger partial charge in [-0.05, 0) is 46.0 Å². The van der Waals surface area contributed by atoms with E-state index in [2.05, 4.69) is 19.9 Å². The summed E-state index contributed by atoms with van der Waals surface area (Å²) in [6, 6.07) is 5.76. The molecule has 1 unspecified atom stereocenters. The van der Waals surface area contributed by atoms with Crippen molar-refractivity contribution in [1.29, 1.82) is 0 Å². The first-order valence-corrected chi connectivity index (χ1v) is 9.71. The zero-order chi connectivity index (χ0) is 19.9. The molecule has 0 aliphatic carbocycles. The fraction of sp³-hybridized carbons (Fsp3) is 0.600. The van der Waals surface area contributed by atoms with Crippen LogP contribution in [0.5, 0.6) is 11.5 Å². The quantitative estimate of drug-likeness (QED) is 0.658. The van der Waals surface area contributed by atoms with Crippen LogP contribution in [0.1, 0.15) is 30.1 Å². The topological polar surface area (TPSA) is 84.1 Å². The third-order valence-electron chi connectivity index (χ3n) is 4.79. The number of likely N-dealkylation sites (tertiary alicyclic amines) is 1. The van der Waals surface area contributed by atoms with E-state index in [4.69, 9.17) is 14.0 Å². The number of hydrogen-bond donors (Lipinski definition) is 1. The number of methoxy groups -OCH3 is 1. The Kier molecular flexibility index (Phi) is 7.24. The molecule has 0 bridgehead atoms. The van der Waals surface area contributed by atoms with Gasteiger partial charge in [-0.2, -0.15) is 4.98 Å². The van der Waals surface area contributed by atoms with Gasteiger partial charge in [0.25, 0.3) is 0 Å². The molecule has 0 radical (unpaired) electrons. The van der Waals surface area contributed by atoms with E-state index < -0.39 is 6.10 Å². The predicted octanol–water partition coefficient (Wildman–Crippen LogP) is 1.85. The van der Waals surface area contributed by atoms with Crippen molar-refractivity contribution in [2.75, 3.05) is 40.4 Å². The Hall–Kier alpha value is -2.16. The average Bonchev–Trinajstić information content (AvgIpc) is 3.32. The van der Waals surface area contributed by atoms with Gasteiger partial charge in [-0.3, -0.25) is 4.90 Å². The number of aryl methyl sites for hydroxylation is 1. The van der Waals surface area contributed by atoms with E-state index in [-0.39, 0.29) is 6.61 Å². The summed E-state index contributed by atoms with van der Waals surface area (Å²) in [6.45, 7) is 6.00. The van der Waals surface area contributed by atoms with Crippen LogP contribution in [0.15, 0.2) is 22.7 Å². The molecule has 1 aromatic heterocycles. The molecule has 1 fully saturated rings. The van der Waals surface area contributed by atoms with Crippen LogP contribution >= 0.6 is 0 Å². The first-order chi connectivity index (χ1) is 13.5. The summed E-state index contributed by atoms with van der Waals surface area (Å²) in [4.78, 5) is 8.59. The molecule has 0 spiro atoms. The van der Waals surface area contributed by atoms with Crippen molar-refractivity contribution in [2.45, 2.75) is 39.0 Å². The number of hydrogen-bond acceptors (Lipinski definition) is 8. The molecule has 1 aromatic carbocycles. The molecule has 8 heteroatoms. The summed E-state index contributed by atoms with van der Waals surface area (Å²) in [5.41, 5.74) is 1.01. The number of aliphatic hydroxyl groups excluding tert-OH is 1. The minimum atomic E-state index is -0.517. The summed E-state index contributed by atoms with van der Waals surface area (Å²) in [7, 11) is 3.61. The van der Waals surface area contributed by atoms with Crippen LogP contribution in [0.25, 0.3) is 0 Å². The minimum Gasteiger partial charge on any atom is -0.497 e. The molecule has 1 aliphatic heterocycles. The maximum atomic E-state index is 10.3. The molecule has 2 aromatic rings. The van der Waals surface area contributed by atoms with Gasteiger partial charge in [-0.15, -0.1) is 0 Å². The van der Waals surface area contributed by atoms with Gasteiger partial charge in [0.15, 0.2) is 5.82 Å². The second-order valence-electron chi connectivity index (χ2n) is 7.35. The van der Waals surface area contributed by atoms with Gasteiger partial charge in [0.05, 0.1) is 13.7 Å². The predicted molar refractivity (Wildman–Crippen MR) is 104 cm³/mol. The average molecular weight is 390 g/mol. The number of rotatable bonds is 10. The van der Waals surface area contributed by atoms with Gasteiger partial charge in [0, 0.05) is 24.7 Å². The number of aliphatic hydroxyl groups is 1. The molecule has 1 saturated heterocycles. The normalized spacial score (nSPS) is 15.9. The lowest BCUT2D eigenvalue weighted by molar-refractivity contribution is 0.0750. The molecule has 1 atom stereocenters. The number of nitrogens with zero attached hydrogens (tertiary/aromatic N) is 4. The largest absolute Gasteiger partial charge is 0.497 e. The van der Waals surface area contributed by atoms with E-state index in [1.807, 2.05) is 25.2 Å². The molecule has 1 aliphatic rings. The van der Waals surface area contributed by atoms with Crippen LogP contribution in [-0.4, -0.2) is 71.5 Å². The third kappa shape index (κ3) is 5.92. The molecule has 2 heterocycles. The maximum Gasteiger partial charge on any atom is 0.240 e. The molecule has 3 rings (SSSR count). The van der Waals surface area contributed by atoms with Gasteiger partial charge in [-0.1, -0.05) is 11.2 Å². The lowest BCUT2D eigenvalue weighted by Gasteiger charge is -2.22. The van der Waals surface area contributed by atoms with Gasteiger partial charge < -0.3 is 24.0 Å². The summed E-state index contributed by atoms with van der Waals surface area (Å²) >= 11 is 0. The summed E-state index contributed by atoms with van der Waals surface area (Å²) < 4.78 is 16.5. The van der Waals surface area contributed by atoms with Crippen LogP contribution in [0.3, 0.4) is 0 Å². The van der Waals surface area contributed by atoms with Gasteiger partial charge >= 0.3 is 0 Å². The molecule has 28 heavy (non-hydrogen) atoms. The fourth-order valence-corrected chi connectivity index (χ4v) is 3.41. The highest BCUT2D eigenvalue weighted by molar-refractivity contribution is 5.40. The maximum absolute atomic E-state index is 10.3. The molecule has 1 N–H and O–H groups in total. The minimum absolute atomic E-state index is 0.253. The van der Waals surface area contributed by atoms with E-state index in [0.717, 1.165) is 24.4 Å². The van der Waals surface area contributed by atoms with Crippen molar-refractivity contribution < 1.29 is 19.1 Å². The summed E-state index contributed by atoms with van der Waals surface area (Å²) in [6.07, 6.45) is 1.90.